The second-order valence-electron chi connectivity index (χ2n) is 3.42. The zero-order valence-corrected chi connectivity index (χ0v) is 8.86. The fraction of sp³-hybridized carbons (Fsp3) is 0.833. The molecule has 76 valence electrons. The van der Waals surface area contributed by atoms with Crippen LogP contribution < -0.4 is 11.1 Å². The Balaban J connectivity index is 2.82. The predicted octanol–water partition coefficient (Wildman–Crippen LogP) is -2.66. The summed E-state index contributed by atoms with van der Waals surface area (Å²) in [5, 5.41) is 14.6. The van der Waals surface area contributed by atoms with Gasteiger partial charge in [-0.3, -0.25) is 11.1 Å². The first-order valence-corrected chi connectivity index (χ1v) is 6.40. The highest BCUT2D eigenvalue weighted by Gasteiger charge is 2.47. The summed E-state index contributed by atoms with van der Waals surface area (Å²) in [6, 6.07) is 0. The maximum atomic E-state index is 11.2. The fourth-order valence-electron chi connectivity index (χ4n) is 1.33. The van der Waals surface area contributed by atoms with Gasteiger partial charge in [-0.25, -0.2) is 8.42 Å². The summed E-state index contributed by atoms with van der Waals surface area (Å²) < 4.78 is 22.3. The van der Waals surface area contributed by atoms with Crippen molar-refractivity contribution in [2.24, 2.45) is 5.73 Å². The van der Waals surface area contributed by atoms with Crippen LogP contribution in [0.15, 0.2) is 0 Å². The Kier molecular flexibility index (Phi) is 2.61. The lowest BCUT2D eigenvalue weighted by Crippen LogP contribution is -2.47. The summed E-state index contributed by atoms with van der Waals surface area (Å²) in [5.74, 6) is -0.284. The van der Waals surface area contributed by atoms with Crippen LogP contribution in [0.3, 0.4) is 0 Å². The summed E-state index contributed by atoms with van der Waals surface area (Å²) in [6.45, 7) is 1.48. The molecule has 0 bridgehead atoms. The van der Waals surface area contributed by atoms with Crippen molar-refractivity contribution < 1.29 is 18.9 Å². The maximum Gasteiger partial charge on any atom is 0.300 e. The Labute approximate surface area is 81.1 Å². The average molecular weight is 225 g/mol. The molecule has 1 fully saturated rings. The fourth-order valence-corrected chi connectivity index (χ4v) is 5.03. The highest BCUT2D eigenvalue weighted by Crippen LogP contribution is 2.32. The highest BCUT2D eigenvalue weighted by atomic mass is 32.2. The van der Waals surface area contributed by atoms with Crippen molar-refractivity contribution in [1.29, 1.82) is 0 Å². The van der Waals surface area contributed by atoms with Crippen LogP contribution in [0, 0.1) is 0 Å². The van der Waals surface area contributed by atoms with Gasteiger partial charge in [0.25, 0.3) is 5.17 Å². The number of nitrogens with two attached hydrogens (primary N) is 2. The molecular weight excluding hydrogens is 212 g/mol. The monoisotopic (exact) mass is 225 g/mol. The molecule has 1 saturated heterocycles. The van der Waals surface area contributed by atoms with E-state index < -0.39 is 20.7 Å². The van der Waals surface area contributed by atoms with E-state index in [1.54, 1.807) is 0 Å². The third kappa shape index (κ3) is 2.58. The molecule has 0 radical (unpaired) electrons. The van der Waals surface area contributed by atoms with Crippen LogP contribution in [0.25, 0.3) is 0 Å². The van der Waals surface area contributed by atoms with Gasteiger partial charge < -0.3 is 5.11 Å². The van der Waals surface area contributed by atoms with Crippen LogP contribution in [0.4, 0.5) is 0 Å². The van der Waals surface area contributed by atoms with Gasteiger partial charge in [0.15, 0.2) is 9.84 Å². The van der Waals surface area contributed by atoms with Crippen LogP contribution in [-0.2, 0) is 9.84 Å². The Morgan fingerprint density at radius 2 is 2.31 bits per heavy atom. The molecule has 2 atom stereocenters. The summed E-state index contributed by atoms with van der Waals surface area (Å²) in [4.78, 5) is 0. The van der Waals surface area contributed by atoms with Crippen LogP contribution in [0.1, 0.15) is 6.92 Å². The van der Waals surface area contributed by atoms with Crippen molar-refractivity contribution >= 4 is 26.8 Å². The van der Waals surface area contributed by atoms with Gasteiger partial charge in [0.1, 0.15) is 0 Å². The molecule has 1 aliphatic rings. The van der Waals surface area contributed by atoms with Gasteiger partial charge in [-0.05, 0) is 18.7 Å². The molecule has 0 aromatic heterocycles. The van der Waals surface area contributed by atoms with Gasteiger partial charge in [-0.1, -0.05) is 0 Å². The van der Waals surface area contributed by atoms with E-state index in [-0.39, 0.29) is 16.7 Å². The largest absolute Gasteiger partial charge is 0.388 e. The number of hydrogen-bond acceptors (Lipinski definition) is 4. The maximum absolute atomic E-state index is 11.2. The van der Waals surface area contributed by atoms with Gasteiger partial charge in [0.05, 0.1) is 22.4 Å². The summed E-state index contributed by atoms with van der Waals surface area (Å²) in [7, 11) is -3.14. The lowest BCUT2D eigenvalue weighted by atomic mass is 10.1. The molecule has 1 aliphatic heterocycles. The van der Waals surface area contributed by atoms with Crippen molar-refractivity contribution in [3.05, 3.63) is 0 Å². The van der Waals surface area contributed by atoms with Crippen molar-refractivity contribution in [3.63, 3.8) is 0 Å². The Morgan fingerprint density at radius 3 is 2.62 bits per heavy atom. The molecule has 0 aromatic carbocycles. The van der Waals surface area contributed by atoms with Crippen LogP contribution in [0.5, 0.6) is 0 Å². The standard InChI is InChI=1S/C6H12N2O3S2/c1-6(9)3-13(10,11)2-4(6)12-5(7)8/h4,9H,2-3H2,1H3,(H3,7,8)/p+1. The number of rotatable bonds is 1. The minimum absolute atomic E-state index is 0.0669. The van der Waals surface area contributed by atoms with Crippen LogP contribution >= 0.6 is 11.8 Å². The van der Waals surface area contributed by atoms with Gasteiger partial charge in [0, 0.05) is 0 Å². The molecule has 0 aromatic rings. The summed E-state index contributed by atoms with van der Waals surface area (Å²) >= 11 is 1.01. The first-order chi connectivity index (χ1) is 5.73. The topological polar surface area (TPSA) is 106 Å². The number of hydrogen-bond donors (Lipinski definition) is 3. The molecule has 5 N–H and O–H groups in total. The minimum Gasteiger partial charge on any atom is -0.388 e. The Morgan fingerprint density at radius 1 is 1.77 bits per heavy atom. The zero-order chi connectivity index (χ0) is 10.3. The second kappa shape index (κ2) is 3.14. The van der Waals surface area contributed by atoms with Gasteiger partial charge in [-0.15, -0.1) is 0 Å². The predicted molar refractivity (Wildman–Crippen MR) is 51.8 cm³/mol. The molecular formula is C6H13N2O3S2+. The van der Waals surface area contributed by atoms with Gasteiger partial charge >= 0.3 is 0 Å². The highest BCUT2D eigenvalue weighted by molar-refractivity contribution is 8.14. The quantitative estimate of drug-likeness (QED) is 0.334. The third-order valence-corrected chi connectivity index (χ3v) is 5.20. The first-order valence-electron chi connectivity index (χ1n) is 3.70. The summed E-state index contributed by atoms with van der Waals surface area (Å²) in [6.07, 6.45) is 0. The van der Waals surface area contributed by atoms with Gasteiger partial charge in [-0.2, -0.15) is 0 Å². The van der Waals surface area contributed by atoms with Crippen LogP contribution in [-0.4, -0.2) is 41.0 Å². The molecule has 0 saturated carbocycles. The normalized spacial score (nSPS) is 37.5. The summed E-state index contributed by atoms with van der Waals surface area (Å²) in [5.41, 5.74) is 4.00. The lowest BCUT2D eigenvalue weighted by Gasteiger charge is -2.20. The number of aliphatic hydroxyl groups is 1. The Bertz CT molecular complexity index is 323. The number of sulfone groups is 1. The molecule has 0 spiro atoms. The van der Waals surface area contributed by atoms with Crippen LogP contribution in [0.2, 0.25) is 0 Å². The van der Waals surface area contributed by atoms with Crippen molar-refractivity contribution in [2.45, 2.75) is 17.8 Å². The van der Waals surface area contributed by atoms with E-state index in [1.165, 1.54) is 6.92 Å². The molecule has 13 heavy (non-hydrogen) atoms. The number of thioether (sulfide) groups is 1. The van der Waals surface area contributed by atoms with E-state index in [1.807, 2.05) is 0 Å². The number of amidine groups is 1. The second-order valence-corrected chi connectivity index (χ2v) is 6.81. The van der Waals surface area contributed by atoms with Gasteiger partial charge in [0.2, 0.25) is 0 Å². The van der Waals surface area contributed by atoms with E-state index in [9.17, 15) is 13.5 Å². The van der Waals surface area contributed by atoms with Crippen molar-refractivity contribution in [2.75, 3.05) is 11.5 Å². The van der Waals surface area contributed by atoms with E-state index in [0.29, 0.717) is 0 Å². The van der Waals surface area contributed by atoms with E-state index in [0.717, 1.165) is 11.8 Å². The average Bonchev–Trinajstić information content (AvgIpc) is 1.98. The molecule has 0 aliphatic carbocycles. The van der Waals surface area contributed by atoms with E-state index in [2.05, 4.69) is 0 Å². The zero-order valence-electron chi connectivity index (χ0n) is 7.23. The molecule has 5 nitrogen and oxygen atoms in total. The van der Waals surface area contributed by atoms with E-state index >= 15 is 0 Å². The molecule has 7 heteroatoms. The molecule has 1 rings (SSSR count). The minimum atomic E-state index is -3.14. The van der Waals surface area contributed by atoms with E-state index in [4.69, 9.17) is 11.1 Å². The molecule has 2 unspecified atom stereocenters. The smallest absolute Gasteiger partial charge is 0.300 e. The third-order valence-electron chi connectivity index (χ3n) is 1.89. The Hall–Kier alpha value is -0.270. The molecule has 0 amide bonds. The lowest BCUT2D eigenvalue weighted by molar-refractivity contribution is -0.110. The first kappa shape index (κ1) is 10.8. The molecule has 1 heterocycles. The van der Waals surface area contributed by atoms with Crippen molar-refractivity contribution in [3.8, 4) is 0 Å². The SMILES string of the molecule is CC1(O)CS(=O)(=O)CC1SC(N)=[NH2+]. The van der Waals surface area contributed by atoms with Crippen molar-refractivity contribution in [1.82, 2.24) is 0 Å².